The van der Waals surface area contributed by atoms with E-state index in [0.29, 0.717) is 11.4 Å². The number of anilines is 3. The molecule has 0 radical (unpaired) electrons. The number of hydrogen-bond acceptors (Lipinski definition) is 6. The van der Waals surface area contributed by atoms with E-state index in [-0.39, 0.29) is 30.0 Å². The van der Waals surface area contributed by atoms with Crippen LogP contribution >= 0.6 is 0 Å². The zero-order valence-electron chi connectivity index (χ0n) is 11.5. The van der Waals surface area contributed by atoms with Gasteiger partial charge in [-0.2, -0.15) is 9.97 Å². The smallest absolute Gasteiger partial charge is 0.226 e. The van der Waals surface area contributed by atoms with E-state index in [9.17, 15) is 4.79 Å². The van der Waals surface area contributed by atoms with E-state index in [1.165, 1.54) is 0 Å². The van der Waals surface area contributed by atoms with Gasteiger partial charge in [0.1, 0.15) is 17.4 Å². The number of ether oxygens (including phenoxy) is 1. The molecule has 1 aromatic carbocycles. The summed E-state index contributed by atoms with van der Waals surface area (Å²) in [5.41, 5.74) is 13.2. The third-order valence-corrected chi connectivity index (χ3v) is 3.48. The summed E-state index contributed by atoms with van der Waals surface area (Å²) in [7, 11) is 1.60. The van der Waals surface area contributed by atoms with Crippen LogP contribution in [0.3, 0.4) is 0 Å². The van der Waals surface area contributed by atoms with Gasteiger partial charge in [-0.1, -0.05) is 12.1 Å². The van der Waals surface area contributed by atoms with Crippen molar-refractivity contribution in [2.45, 2.75) is 12.3 Å². The number of hydrogen-bond donors (Lipinski definition) is 3. The van der Waals surface area contributed by atoms with Crippen LogP contribution in [0, 0.1) is 0 Å². The van der Waals surface area contributed by atoms with E-state index in [2.05, 4.69) is 15.3 Å². The van der Waals surface area contributed by atoms with Gasteiger partial charge in [-0.25, -0.2) is 0 Å². The van der Waals surface area contributed by atoms with E-state index in [0.717, 1.165) is 11.3 Å². The number of nitrogens with zero attached hydrogens (tertiary/aromatic N) is 2. The number of carbonyl (C=O) groups is 1. The van der Waals surface area contributed by atoms with Crippen molar-refractivity contribution in [1.29, 1.82) is 0 Å². The molecule has 7 nitrogen and oxygen atoms in total. The van der Waals surface area contributed by atoms with Crippen molar-refractivity contribution >= 4 is 23.5 Å². The SMILES string of the molecule is COc1cccc([C@H]2CC(=O)Nc3nc(N)nc(N)c32)c1. The van der Waals surface area contributed by atoms with Crippen LogP contribution in [0.2, 0.25) is 0 Å². The van der Waals surface area contributed by atoms with Crippen LogP contribution < -0.4 is 21.5 Å². The highest BCUT2D eigenvalue weighted by molar-refractivity contribution is 5.95. The second kappa shape index (κ2) is 4.93. The fraction of sp³-hybridized carbons (Fsp3) is 0.214. The van der Waals surface area contributed by atoms with Crippen molar-refractivity contribution in [3.05, 3.63) is 35.4 Å². The van der Waals surface area contributed by atoms with Gasteiger partial charge in [0.2, 0.25) is 11.9 Å². The molecule has 3 rings (SSSR count). The van der Waals surface area contributed by atoms with Crippen LogP contribution in [0.1, 0.15) is 23.5 Å². The number of nitrogens with one attached hydrogen (secondary N) is 1. The molecule has 0 spiro atoms. The third-order valence-electron chi connectivity index (χ3n) is 3.48. The van der Waals surface area contributed by atoms with E-state index in [4.69, 9.17) is 16.2 Å². The molecule has 0 fully saturated rings. The lowest BCUT2D eigenvalue weighted by Crippen LogP contribution is -2.26. The Hall–Kier alpha value is -2.83. The fourth-order valence-corrected chi connectivity index (χ4v) is 2.56. The predicted octanol–water partition coefficient (Wildman–Crippen LogP) is 1.12. The molecular formula is C14H15N5O2. The molecule has 0 saturated carbocycles. The third kappa shape index (κ3) is 2.33. The summed E-state index contributed by atoms with van der Waals surface area (Å²) in [5, 5.41) is 2.69. The molecule has 0 unspecified atom stereocenters. The predicted molar refractivity (Wildman–Crippen MR) is 78.9 cm³/mol. The Morgan fingerprint density at radius 3 is 2.90 bits per heavy atom. The molecule has 7 heteroatoms. The van der Waals surface area contributed by atoms with Crippen LogP contribution in [0.5, 0.6) is 5.75 Å². The zero-order valence-corrected chi connectivity index (χ0v) is 11.5. The lowest BCUT2D eigenvalue weighted by Gasteiger charge is -2.26. The largest absolute Gasteiger partial charge is 0.497 e. The number of methoxy groups -OCH3 is 1. The Balaban J connectivity index is 2.14. The van der Waals surface area contributed by atoms with E-state index in [1.54, 1.807) is 7.11 Å². The van der Waals surface area contributed by atoms with E-state index >= 15 is 0 Å². The lowest BCUT2D eigenvalue weighted by atomic mass is 9.86. The van der Waals surface area contributed by atoms with Crippen molar-refractivity contribution in [3.63, 3.8) is 0 Å². The molecule has 1 aromatic heterocycles. The van der Waals surface area contributed by atoms with Crippen molar-refractivity contribution in [2.75, 3.05) is 23.9 Å². The first-order chi connectivity index (χ1) is 10.1. The van der Waals surface area contributed by atoms with E-state index in [1.807, 2.05) is 24.3 Å². The maximum atomic E-state index is 11.9. The molecule has 1 aliphatic heterocycles. The minimum absolute atomic E-state index is 0.0397. The van der Waals surface area contributed by atoms with Gasteiger partial charge in [0.15, 0.2) is 0 Å². The first-order valence-electron chi connectivity index (χ1n) is 6.45. The second-order valence-electron chi connectivity index (χ2n) is 4.81. The topological polar surface area (TPSA) is 116 Å². The van der Waals surface area contributed by atoms with Crippen molar-refractivity contribution in [1.82, 2.24) is 9.97 Å². The van der Waals surface area contributed by atoms with Crippen molar-refractivity contribution in [2.24, 2.45) is 0 Å². The van der Waals surface area contributed by atoms with Crippen LogP contribution in [0.15, 0.2) is 24.3 Å². The molecule has 108 valence electrons. The maximum absolute atomic E-state index is 11.9. The Morgan fingerprint density at radius 2 is 2.14 bits per heavy atom. The number of fused-ring (bicyclic) bond motifs is 1. The van der Waals surface area contributed by atoms with E-state index < -0.39 is 0 Å². The van der Waals surface area contributed by atoms with Crippen LogP contribution in [-0.2, 0) is 4.79 Å². The van der Waals surface area contributed by atoms with Crippen molar-refractivity contribution in [3.8, 4) is 5.75 Å². The number of nitrogens with two attached hydrogens (primary N) is 2. The van der Waals surface area contributed by atoms with Crippen molar-refractivity contribution < 1.29 is 9.53 Å². The van der Waals surface area contributed by atoms with Gasteiger partial charge >= 0.3 is 0 Å². The molecule has 2 aromatic rings. The van der Waals surface area contributed by atoms with Gasteiger partial charge in [0.05, 0.1) is 7.11 Å². The Bertz CT molecular complexity index is 717. The molecule has 1 aliphatic rings. The van der Waals surface area contributed by atoms with Crippen LogP contribution in [-0.4, -0.2) is 23.0 Å². The molecule has 1 amide bonds. The number of aromatic nitrogens is 2. The minimum Gasteiger partial charge on any atom is -0.497 e. The van der Waals surface area contributed by atoms with Crippen LogP contribution in [0.4, 0.5) is 17.6 Å². The summed E-state index contributed by atoms with van der Waals surface area (Å²) >= 11 is 0. The second-order valence-corrected chi connectivity index (χ2v) is 4.81. The molecule has 2 heterocycles. The highest BCUT2D eigenvalue weighted by Gasteiger charge is 2.30. The molecule has 1 atom stereocenters. The number of carbonyl (C=O) groups excluding carboxylic acids is 1. The molecule has 5 N–H and O–H groups in total. The number of benzene rings is 1. The molecule has 0 bridgehead atoms. The Labute approximate surface area is 121 Å². The number of amides is 1. The zero-order chi connectivity index (χ0) is 15.0. The Kier molecular flexibility index (Phi) is 3.09. The highest BCUT2D eigenvalue weighted by atomic mass is 16.5. The maximum Gasteiger partial charge on any atom is 0.226 e. The summed E-state index contributed by atoms with van der Waals surface area (Å²) in [4.78, 5) is 20.0. The number of nitrogen functional groups attached to an aromatic ring is 2. The van der Waals surface area contributed by atoms with Gasteiger partial charge in [-0.15, -0.1) is 0 Å². The van der Waals surface area contributed by atoms with Gasteiger partial charge in [-0.05, 0) is 17.7 Å². The standard InChI is InChI=1S/C14H15N5O2/c1-21-8-4-2-3-7(5-8)9-6-10(20)17-13-11(9)12(15)18-14(16)19-13/h2-5,9H,6H2,1H3,(H5,15,16,17,18,19,20)/t9-/m1/s1. The van der Waals surface area contributed by atoms with Crippen LogP contribution in [0.25, 0.3) is 0 Å². The molecule has 0 saturated heterocycles. The lowest BCUT2D eigenvalue weighted by molar-refractivity contribution is -0.116. The minimum atomic E-state index is -0.218. The summed E-state index contributed by atoms with van der Waals surface area (Å²) in [6.07, 6.45) is 0.275. The fourth-order valence-electron chi connectivity index (χ4n) is 2.56. The first-order valence-corrected chi connectivity index (χ1v) is 6.45. The summed E-state index contributed by atoms with van der Waals surface area (Å²) in [5.74, 6) is 1.07. The normalized spacial score (nSPS) is 17.0. The average Bonchev–Trinajstić information content (AvgIpc) is 2.45. The first kappa shape index (κ1) is 13.2. The van der Waals surface area contributed by atoms with Gasteiger partial charge < -0.3 is 21.5 Å². The average molecular weight is 285 g/mol. The molecular weight excluding hydrogens is 270 g/mol. The summed E-state index contributed by atoms with van der Waals surface area (Å²) < 4.78 is 5.23. The quantitative estimate of drug-likeness (QED) is 0.761. The van der Waals surface area contributed by atoms with Gasteiger partial charge in [0.25, 0.3) is 0 Å². The number of rotatable bonds is 2. The summed E-state index contributed by atoms with van der Waals surface area (Å²) in [6, 6.07) is 7.51. The molecule has 0 aliphatic carbocycles. The van der Waals surface area contributed by atoms with Gasteiger partial charge in [-0.3, -0.25) is 4.79 Å². The highest BCUT2D eigenvalue weighted by Crippen LogP contribution is 2.39. The summed E-state index contributed by atoms with van der Waals surface area (Å²) in [6.45, 7) is 0. The Morgan fingerprint density at radius 1 is 1.33 bits per heavy atom. The van der Waals surface area contributed by atoms with Gasteiger partial charge in [0, 0.05) is 17.9 Å². The monoisotopic (exact) mass is 285 g/mol. The molecule has 21 heavy (non-hydrogen) atoms.